The van der Waals surface area contributed by atoms with Gasteiger partial charge in [-0.25, -0.2) is 9.97 Å². The standard InChI is InChI=1S/C17H13F3N4O/c18-17(19,20)14-4-2-1-3-13(14)16(25)23-10-12-5-6-15(22-9-12)24-8-7-21-11-24/h1-9,11H,10H2,(H,23,25). The van der Waals surface area contributed by atoms with Crippen molar-refractivity contribution in [2.24, 2.45) is 0 Å². The Labute approximate surface area is 141 Å². The predicted octanol–water partition coefficient (Wildman–Crippen LogP) is 3.22. The quantitative estimate of drug-likeness (QED) is 0.789. The van der Waals surface area contributed by atoms with E-state index in [1.54, 1.807) is 41.6 Å². The maximum absolute atomic E-state index is 13.0. The van der Waals surface area contributed by atoms with Gasteiger partial charge in [-0.3, -0.25) is 9.36 Å². The number of nitrogens with zero attached hydrogens (tertiary/aromatic N) is 3. The topological polar surface area (TPSA) is 59.8 Å². The summed E-state index contributed by atoms with van der Waals surface area (Å²) in [6.45, 7) is 0.0717. The summed E-state index contributed by atoms with van der Waals surface area (Å²) >= 11 is 0. The van der Waals surface area contributed by atoms with Crippen molar-refractivity contribution in [1.29, 1.82) is 0 Å². The Morgan fingerprint density at radius 1 is 1.16 bits per heavy atom. The van der Waals surface area contributed by atoms with Gasteiger partial charge in [0.05, 0.1) is 11.1 Å². The number of hydrogen-bond donors (Lipinski definition) is 1. The van der Waals surface area contributed by atoms with Crippen molar-refractivity contribution in [3.05, 3.63) is 78.0 Å². The fourth-order valence-electron chi connectivity index (χ4n) is 2.27. The molecule has 0 saturated heterocycles. The summed E-state index contributed by atoms with van der Waals surface area (Å²) < 4.78 is 40.6. The third-order valence-electron chi connectivity index (χ3n) is 3.51. The van der Waals surface area contributed by atoms with Crippen molar-refractivity contribution in [2.45, 2.75) is 12.7 Å². The molecule has 2 aromatic heterocycles. The second-order valence-corrected chi connectivity index (χ2v) is 5.22. The van der Waals surface area contributed by atoms with Gasteiger partial charge in [0.1, 0.15) is 12.1 Å². The third-order valence-corrected chi connectivity index (χ3v) is 3.51. The van der Waals surface area contributed by atoms with Gasteiger partial charge in [-0.05, 0) is 23.8 Å². The molecule has 0 spiro atoms. The zero-order valence-electron chi connectivity index (χ0n) is 12.9. The monoisotopic (exact) mass is 346 g/mol. The molecule has 2 heterocycles. The number of amides is 1. The van der Waals surface area contributed by atoms with E-state index in [1.807, 2.05) is 0 Å². The summed E-state index contributed by atoms with van der Waals surface area (Å²) in [6.07, 6.45) is 1.91. The molecule has 0 aliphatic rings. The van der Waals surface area contributed by atoms with Gasteiger partial charge >= 0.3 is 6.18 Å². The molecule has 0 aliphatic heterocycles. The number of rotatable bonds is 4. The summed E-state index contributed by atoms with van der Waals surface area (Å²) in [4.78, 5) is 20.2. The Balaban J connectivity index is 1.69. The molecule has 0 saturated carbocycles. The Bertz CT molecular complexity index is 858. The Morgan fingerprint density at radius 2 is 1.96 bits per heavy atom. The van der Waals surface area contributed by atoms with Crippen LogP contribution in [0.15, 0.2) is 61.3 Å². The predicted molar refractivity (Wildman–Crippen MR) is 84.0 cm³/mol. The van der Waals surface area contributed by atoms with Crippen molar-refractivity contribution in [3.8, 4) is 5.82 Å². The molecule has 3 rings (SSSR count). The molecule has 0 fully saturated rings. The molecule has 1 N–H and O–H groups in total. The molecule has 5 nitrogen and oxygen atoms in total. The normalized spacial score (nSPS) is 11.3. The van der Waals surface area contributed by atoms with Gasteiger partial charge < -0.3 is 5.32 Å². The lowest BCUT2D eigenvalue weighted by molar-refractivity contribution is -0.137. The number of imidazole rings is 1. The zero-order chi connectivity index (χ0) is 17.9. The number of carbonyl (C=O) groups excluding carboxylic acids is 1. The van der Waals surface area contributed by atoms with E-state index in [0.29, 0.717) is 11.4 Å². The minimum atomic E-state index is -4.58. The van der Waals surface area contributed by atoms with E-state index in [4.69, 9.17) is 0 Å². The average Bonchev–Trinajstić information content (AvgIpc) is 3.14. The van der Waals surface area contributed by atoms with Crippen LogP contribution in [0.4, 0.5) is 13.2 Å². The molecule has 0 unspecified atom stereocenters. The Hall–Kier alpha value is -3.16. The highest BCUT2D eigenvalue weighted by Crippen LogP contribution is 2.31. The van der Waals surface area contributed by atoms with E-state index in [1.165, 1.54) is 12.1 Å². The van der Waals surface area contributed by atoms with E-state index in [-0.39, 0.29) is 6.54 Å². The molecule has 0 aliphatic carbocycles. The SMILES string of the molecule is O=C(NCc1ccc(-n2ccnc2)nc1)c1ccccc1C(F)(F)F. The maximum atomic E-state index is 13.0. The summed E-state index contributed by atoms with van der Waals surface area (Å²) in [5.74, 6) is -0.137. The van der Waals surface area contributed by atoms with Crippen LogP contribution in [0.1, 0.15) is 21.5 Å². The molecule has 3 aromatic rings. The van der Waals surface area contributed by atoms with E-state index in [0.717, 1.165) is 12.1 Å². The molecule has 1 amide bonds. The molecule has 0 radical (unpaired) electrons. The largest absolute Gasteiger partial charge is 0.417 e. The van der Waals surface area contributed by atoms with Crippen LogP contribution in [0.5, 0.6) is 0 Å². The first-order valence-electron chi connectivity index (χ1n) is 7.33. The third kappa shape index (κ3) is 3.85. The minimum absolute atomic E-state index is 0.0717. The smallest absolute Gasteiger partial charge is 0.348 e. The van der Waals surface area contributed by atoms with Crippen molar-refractivity contribution in [1.82, 2.24) is 19.9 Å². The van der Waals surface area contributed by atoms with Crippen molar-refractivity contribution >= 4 is 5.91 Å². The number of nitrogens with one attached hydrogen (secondary N) is 1. The van der Waals surface area contributed by atoms with Crippen molar-refractivity contribution in [3.63, 3.8) is 0 Å². The van der Waals surface area contributed by atoms with Crippen LogP contribution in [0.25, 0.3) is 5.82 Å². The first-order chi connectivity index (χ1) is 11.9. The first-order valence-corrected chi connectivity index (χ1v) is 7.33. The Kier molecular flexibility index (Phi) is 4.51. The van der Waals surface area contributed by atoms with Gasteiger partial charge in [0, 0.05) is 25.1 Å². The molecule has 0 bridgehead atoms. The maximum Gasteiger partial charge on any atom is 0.417 e. The van der Waals surface area contributed by atoms with Gasteiger partial charge in [0.25, 0.3) is 5.91 Å². The van der Waals surface area contributed by atoms with Gasteiger partial charge in [0.15, 0.2) is 0 Å². The van der Waals surface area contributed by atoms with Gasteiger partial charge in [0.2, 0.25) is 0 Å². The fraction of sp³-hybridized carbons (Fsp3) is 0.118. The van der Waals surface area contributed by atoms with Crippen LogP contribution in [-0.4, -0.2) is 20.4 Å². The summed E-state index contributed by atoms with van der Waals surface area (Å²) in [5, 5.41) is 2.48. The number of halogens is 3. The van der Waals surface area contributed by atoms with E-state index in [9.17, 15) is 18.0 Å². The lowest BCUT2D eigenvalue weighted by Gasteiger charge is -2.12. The van der Waals surface area contributed by atoms with Crippen LogP contribution in [0.3, 0.4) is 0 Å². The lowest BCUT2D eigenvalue weighted by atomic mass is 10.1. The second-order valence-electron chi connectivity index (χ2n) is 5.22. The minimum Gasteiger partial charge on any atom is -0.348 e. The van der Waals surface area contributed by atoms with Gasteiger partial charge in [-0.1, -0.05) is 18.2 Å². The van der Waals surface area contributed by atoms with Crippen LogP contribution in [0.2, 0.25) is 0 Å². The number of hydrogen-bond acceptors (Lipinski definition) is 3. The Morgan fingerprint density at radius 3 is 2.60 bits per heavy atom. The number of benzene rings is 1. The molecular weight excluding hydrogens is 333 g/mol. The second kappa shape index (κ2) is 6.76. The number of alkyl halides is 3. The highest BCUT2D eigenvalue weighted by atomic mass is 19.4. The van der Waals surface area contributed by atoms with E-state index < -0.39 is 23.2 Å². The molecule has 128 valence electrons. The summed E-state index contributed by atoms with van der Waals surface area (Å²) in [5.41, 5.74) is -0.694. The van der Waals surface area contributed by atoms with Crippen molar-refractivity contribution in [2.75, 3.05) is 0 Å². The van der Waals surface area contributed by atoms with Crippen molar-refractivity contribution < 1.29 is 18.0 Å². The highest BCUT2D eigenvalue weighted by molar-refractivity contribution is 5.95. The fourth-order valence-corrected chi connectivity index (χ4v) is 2.27. The summed E-state index contributed by atoms with van der Waals surface area (Å²) in [6, 6.07) is 8.14. The zero-order valence-corrected chi connectivity index (χ0v) is 12.9. The first kappa shape index (κ1) is 16.7. The number of pyridine rings is 1. The molecule has 25 heavy (non-hydrogen) atoms. The van der Waals surface area contributed by atoms with Crippen LogP contribution in [-0.2, 0) is 12.7 Å². The van der Waals surface area contributed by atoms with Gasteiger partial charge in [-0.2, -0.15) is 13.2 Å². The number of carbonyl (C=O) groups is 1. The molecular formula is C17H13F3N4O. The number of aromatic nitrogens is 3. The van der Waals surface area contributed by atoms with E-state index in [2.05, 4.69) is 15.3 Å². The summed E-state index contributed by atoms with van der Waals surface area (Å²) in [7, 11) is 0. The van der Waals surface area contributed by atoms with E-state index >= 15 is 0 Å². The van der Waals surface area contributed by atoms with Crippen LogP contribution >= 0.6 is 0 Å². The average molecular weight is 346 g/mol. The molecule has 1 aromatic carbocycles. The van der Waals surface area contributed by atoms with Crippen LogP contribution in [0, 0.1) is 0 Å². The lowest BCUT2D eigenvalue weighted by Crippen LogP contribution is -2.25. The molecule has 8 heteroatoms. The van der Waals surface area contributed by atoms with Gasteiger partial charge in [-0.15, -0.1) is 0 Å². The highest BCUT2D eigenvalue weighted by Gasteiger charge is 2.34. The molecule has 0 atom stereocenters. The van der Waals surface area contributed by atoms with Crippen LogP contribution < -0.4 is 5.32 Å².